The summed E-state index contributed by atoms with van der Waals surface area (Å²) in [5.74, 6) is 0.663. The summed E-state index contributed by atoms with van der Waals surface area (Å²) in [5, 5.41) is 11.7. The molecule has 0 heterocycles. The Hall–Kier alpha value is -1.16. The first-order valence-electron chi connectivity index (χ1n) is 4.26. The maximum Gasteiger partial charge on any atom is 0.230 e. The highest BCUT2D eigenvalue weighted by molar-refractivity contribution is 8.00. The topological polar surface area (TPSA) is 49.3 Å². The van der Waals surface area contributed by atoms with Gasteiger partial charge in [-0.3, -0.25) is 4.79 Å². The second-order valence-corrected chi connectivity index (χ2v) is 3.93. The Bertz CT molecular complexity index is 339. The monoisotopic (exact) mass is 211 g/mol. The summed E-state index contributed by atoms with van der Waals surface area (Å²) in [6, 6.07) is 5.13. The van der Waals surface area contributed by atoms with Crippen LogP contribution >= 0.6 is 11.8 Å². The Kier molecular flexibility index (Phi) is 3.83. The highest BCUT2D eigenvalue weighted by atomic mass is 32.2. The van der Waals surface area contributed by atoms with E-state index in [-0.39, 0.29) is 11.7 Å². The standard InChI is InChI=1S/C10H13NO2S/c1-7-5-8(12)3-4-9(7)14-6-10(13)11-2/h3-5,12H,6H2,1-2H3,(H,11,13). The van der Waals surface area contributed by atoms with Gasteiger partial charge in [-0.25, -0.2) is 0 Å². The minimum atomic E-state index is 0.00229. The van der Waals surface area contributed by atoms with Crippen molar-refractivity contribution in [1.29, 1.82) is 0 Å². The van der Waals surface area contributed by atoms with Gasteiger partial charge in [0.2, 0.25) is 5.91 Å². The number of rotatable bonds is 3. The molecule has 1 rings (SSSR count). The van der Waals surface area contributed by atoms with Crippen LogP contribution in [-0.4, -0.2) is 23.8 Å². The second kappa shape index (κ2) is 4.91. The van der Waals surface area contributed by atoms with Crippen LogP contribution in [0.4, 0.5) is 0 Å². The Morgan fingerprint density at radius 3 is 2.86 bits per heavy atom. The molecule has 0 spiro atoms. The van der Waals surface area contributed by atoms with Gasteiger partial charge in [-0.05, 0) is 30.7 Å². The lowest BCUT2D eigenvalue weighted by molar-refractivity contribution is -0.118. The lowest BCUT2D eigenvalue weighted by Crippen LogP contribution is -2.19. The van der Waals surface area contributed by atoms with Crippen LogP contribution in [0.2, 0.25) is 0 Å². The van der Waals surface area contributed by atoms with E-state index in [1.807, 2.05) is 13.0 Å². The van der Waals surface area contributed by atoms with E-state index in [2.05, 4.69) is 5.32 Å². The van der Waals surface area contributed by atoms with Gasteiger partial charge in [0, 0.05) is 11.9 Å². The largest absolute Gasteiger partial charge is 0.508 e. The van der Waals surface area contributed by atoms with Gasteiger partial charge in [0.1, 0.15) is 5.75 Å². The predicted octanol–water partition coefficient (Wildman–Crippen LogP) is 1.54. The minimum Gasteiger partial charge on any atom is -0.508 e. The number of nitrogens with one attached hydrogen (secondary N) is 1. The molecule has 0 atom stereocenters. The third-order valence-electron chi connectivity index (χ3n) is 1.80. The lowest BCUT2D eigenvalue weighted by atomic mass is 10.2. The van der Waals surface area contributed by atoms with Crippen LogP contribution < -0.4 is 5.32 Å². The number of carbonyl (C=O) groups is 1. The van der Waals surface area contributed by atoms with Crippen molar-refractivity contribution in [1.82, 2.24) is 5.32 Å². The number of aryl methyl sites for hydroxylation is 1. The molecule has 0 unspecified atom stereocenters. The highest BCUT2D eigenvalue weighted by Gasteiger charge is 2.03. The van der Waals surface area contributed by atoms with Crippen molar-refractivity contribution in [2.45, 2.75) is 11.8 Å². The zero-order chi connectivity index (χ0) is 10.6. The van der Waals surface area contributed by atoms with Gasteiger partial charge in [0.25, 0.3) is 0 Å². The molecule has 0 aromatic heterocycles. The molecule has 4 heteroatoms. The Morgan fingerprint density at radius 1 is 1.57 bits per heavy atom. The number of hydrogen-bond acceptors (Lipinski definition) is 3. The van der Waals surface area contributed by atoms with E-state index in [0.717, 1.165) is 10.5 Å². The Morgan fingerprint density at radius 2 is 2.29 bits per heavy atom. The summed E-state index contributed by atoms with van der Waals surface area (Å²) in [6.45, 7) is 1.91. The quantitative estimate of drug-likeness (QED) is 0.746. The molecule has 0 aliphatic heterocycles. The van der Waals surface area contributed by atoms with E-state index in [9.17, 15) is 9.90 Å². The van der Waals surface area contributed by atoms with Gasteiger partial charge in [-0.1, -0.05) is 0 Å². The average Bonchev–Trinajstić information content (AvgIpc) is 2.16. The van der Waals surface area contributed by atoms with Crippen LogP contribution in [-0.2, 0) is 4.79 Å². The Labute approximate surface area is 87.5 Å². The lowest BCUT2D eigenvalue weighted by Gasteiger charge is -2.04. The Balaban J connectivity index is 2.63. The fraction of sp³-hybridized carbons (Fsp3) is 0.300. The first-order chi connectivity index (χ1) is 6.63. The van der Waals surface area contributed by atoms with Crippen molar-refractivity contribution < 1.29 is 9.90 Å². The van der Waals surface area contributed by atoms with E-state index in [1.54, 1.807) is 19.2 Å². The number of hydrogen-bond donors (Lipinski definition) is 2. The summed E-state index contributed by atoms with van der Waals surface area (Å²) in [5.41, 5.74) is 0.985. The number of thioether (sulfide) groups is 1. The number of aromatic hydroxyl groups is 1. The molecule has 1 aromatic rings. The van der Waals surface area contributed by atoms with Crippen molar-refractivity contribution >= 4 is 17.7 Å². The number of amides is 1. The van der Waals surface area contributed by atoms with E-state index in [1.165, 1.54) is 11.8 Å². The molecule has 0 saturated carbocycles. The third-order valence-corrected chi connectivity index (χ3v) is 2.97. The molecule has 3 nitrogen and oxygen atoms in total. The van der Waals surface area contributed by atoms with Gasteiger partial charge in [-0.15, -0.1) is 11.8 Å². The van der Waals surface area contributed by atoms with E-state index in [0.29, 0.717) is 5.75 Å². The van der Waals surface area contributed by atoms with Crippen LogP contribution in [0.5, 0.6) is 5.75 Å². The van der Waals surface area contributed by atoms with Crippen LogP contribution in [0.1, 0.15) is 5.56 Å². The van der Waals surface area contributed by atoms with Crippen LogP contribution in [0, 0.1) is 6.92 Å². The SMILES string of the molecule is CNC(=O)CSc1ccc(O)cc1C. The fourth-order valence-electron chi connectivity index (χ4n) is 1.01. The molecule has 0 saturated heterocycles. The first kappa shape index (κ1) is 10.9. The van der Waals surface area contributed by atoms with Crippen LogP contribution in [0.15, 0.2) is 23.1 Å². The maximum absolute atomic E-state index is 11.0. The van der Waals surface area contributed by atoms with E-state index < -0.39 is 0 Å². The fourth-order valence-corrected chi connectivity index (χ4v) is 1.89. The number of phenols is 1. The van der Waals surface area contributed by atoms with Crippen molar-refractivity contribution in [2.75, 3.05) is 12.8 Å². The van der Waals surface area contributed by atoms with Crippen LogP contribution in [0.3, 0.4) is 0 Å². The average molecular weight is 211 g/mol. The molecular formula is C10H13NO2S. The molecule has 1 amide bonds. The zero-order valence-corrected chi connectivity index (χ0v) is 9.02. The van der Waals surface area contributed by atoms with E-state index >= 15 is 0 Å². The van der Waals surface area contributed by atoms with Gasteiger partial charge in [0.15, 0.2) is 0 Å². The van der Waals surface area contributed by atoms with Crippen molar-refractivity contribution in [2.24, 2.45) is 0 Å². The summed E-state index contributed by atoms with van der Waals surface area (Å²) < 4.78 is 0. The van der Waals surface area contributed by atoms with Gasteiger partial charge in [0.05, 0.1) is 5.75 Å². The maximum atomic E-state index is 11.0. The molecule has 14 heavy (non-hydrogen) atoms. The summed E-state index contributed by atoms with van der Waals surface area (Å²) in [6.07, 6.45) is 0. The molecule has 2 N–H and O–H groups in total. The summed E-state index contributed by atoms with van der Waals surface area (Å²) in [4.78, 5) is 12.0. The van der Waals surface area contributed by atoms with E-state index in [4.69, 9.17) is 0 Å². The molecule has 1 aromatic carbocycles. The minimum absolute atomic E-state index is 0.00229. The zero-order valence-electron chi connectivity index (χ0n) is 8.20. The molecule has 0 fully saturated rings. The third kappa shape index (κ3) is 2.96. The second-order valence-electron chi connectivity index (χ2n) is 2.91. The van der Waals surface area contributed by atoms with Gasteiger partial charge < -0.3 is 10.4 Å². The van der Waals surface area contributed by atoms with Crippen molar-refractivity contribution in [3.8, 4) is 5.75 Å². The number of phenolic OH excluding ortho intramolecular Hbond substituents is 1. The molecule has 0 bridgehead atoms. The smallest absolute Gasteiger partial charge is 0.230 e. The first-order valence-corrected chi connectivity index (χ1v) is 5.25. The van der Waals surface area contributed by atoms with Gasteiger partial charge >= 0.3 is 0 Å². The summed E-state index contributed by atoms with van der Waals surface area (Å²) in [7, 11) is 1.62. The molecular weight excluding hydrogens is 198 g/mol. The molecule has 0 aliphatic rings. The highest BCUT2D eigenvalue weighted by Crippen LogP contribution is 2.25. The summed E-state index contributed by atoms with van der Waals surface area (Å²) >= 11 is 1.47. The van der Waals surface area contributed by atoms with Crippen LogP contribution in [0.25, 0.3) is 0 Å². The molecule has 0 radical (unpaired) electrons. The molecule has 0 aliphatic carbocycles. The molecule has 76 valence electrons. The normalized spacial score (nSPS) is 9.86. The number of carbonyl (C=O) groups excluding carboxylic acids is 1. The van der Waals surface area contributed by atoms with Crippen molar-refractivity contribution in [3.05, 3.63) is 23.8 Å². The predicted molar refractivity (Wildman–Crippen MR) is 57.6 cm³/mol. The van der Waals surface area contributed by atoms with Crippen molar-refractivity contribution in [3.63, 3.8) is 0 Å². The van der Waals surface area contributed by atoms with Gasteiger partial charge in [-0.2, -0.15) is 0 Å². The number of benzene rings is 1.